The molecular weight excluding hydrogens is 224 g/mol. The second-order valence-electron chi connectivity index (χ2n) is 5.29. The van der Waals surface area contributed by atoms with Gasteiger partial charge in [0.15, 0.2) is 0 Å². The van der Waals surface area contributed by atoms with E-state index in [9.17, 15) is 4.79 Å². The zero-order valence-electron chi connectivity index (χ0n) is 11.2. The summed E-state index contributed by atoms with van der Waals surface area (Å²) in [6.07, 6.45) is 3.79. The van der Waals surface area contributed by atoms with E-state index < -0.39 is 0 Å². The van der Waals surface area contributed by atoms with Crippen LogP contribution < -0.4 is 10.6 Å². The lowest BCUT2D eigenvalue weighted by molar-refractivity contribution is 0.0948. The van der Waals surface area contributed by atoms with E-state index in [1.165, 1.54) is 19.3 Å². The first-order chi connectivity index (χ1) is 8.70. The second-order valence-corrected chi connectivity index (χ2v) is 5.29. The molecular formula is C15H22N2O. The average Bonchev–Trinajstić information content (AvgIpc) is 2.81. The van der Waals surface area contributed by atoms with Crippen LogP contribution in [0.5, 0.6) is 0 Å². The summed E-state index contributed by atoms with van der Waals surface area (Å²) >= 11 is 0. The molecule has 0 bridgehead atoms. The Morgan fingerprint density at radius 2 is 2.11 bits per heavy atom. The van der Waals surface area contributed by atoms with Crippen molar-refractivity contribution in [2.24, 2.45) is 11.8 Å². The van der Waals surface area contributed by atoms with Crippen LogP contribution >= 0.6 is 0 Å². The van der Waals surface area contributed by atoms with E-state index in [-0.39, 0.29) is 5.91 Å². The van der Waals surface area contributed by atoms with Gasteiger partial charge >= 0.3 is 0 Å². The molecule has 1 aromatic rings. The number of amides is 1. The van der Waals surface area contributed by atoms with Crippen molar-refractivity contribution >= 4 is 11.6 Å². The summed E-state index contributed by atoms with van der Waals surface area (Å²) < 4.78 is 0. The molecule has 1 aromatic carbocycles. The summed E-state index contributed by atoms with van der Waals surface area (Å²) in [6, 6.07) is 7.61. The van der Waals surface area contributed by atoms with Crippen molar-refractivity contribution in [1.29, 1.82) is 0 Å². The topological polar surface area (TPSA) is 41.1 Å². The molecule has 2 atom stereocenters. The van der Waals surface area contributed by atoms with Crippen LogP contribution in [0.1, 0.15) is 36.5 Å². The predicted molar refractivity (Wildman–Crippen MR) is 74.8 cm³/mol. The smallest absolute Gasteiger partial charge is 0.253 e. The maximum absolute atomic E-state index is 12.1. The van der Waals surface area contributed by atoms with Crippen LogP contribution in [0, 0.1) is 11.8 Å². The van der Waals surface area contributed by atoms with E-state index in [0.717, 1.165) is 23.7 Å². The van der Waals surface area contributed by atoms with Crippen LogP contribution in [0.25, 0.3) is 0 Å². The molecule has 1 amide bonds. The molecule has 2 N–H and O–H groups in total. The van der Waals surface area contributed by atoms with Crippen LogP contribution in [-0.4, -0.2) is 19.5 Å². The lowest BCUT2D eigenvalue weighted by Crippen LogP contribution is -2.29. The molecule has 3 heteroatoms. The number of hydrogen-bond acceptors (Lipinski definition) is 2. The summed E-state index contributed by atoms with van der Waals surface area (Å²) in [4.78, 5) is 12.1. The standard InChI is InChI=1S/C15H22N2O/c1-11-7-8-12(9-11)10-17-15(18)13-5-3-4-6-14(13)16-2/h3-6,11-12,16H,7-10H2,1-2H3,(H,17,18). The minimum atomic E-state index is 0.0273. The molecule has 18 heavy (non-hydrogen) atoms. The first-order valence-electron chi connectivity index (χ1n) is 6.75. The Hall–Kier alpha value is -1.51. The van der Waals surface area contributed by atoms with E-state index >= 15 is 0 Å². The van der Waals surface area contributed by atoms with Crippen molar-refractivity contribution in [1.82, 2.24) is 5.32 Å². The van der Waals surface area contributed by atoms with Gasteiger partial charge in [-0.05, 0) is 36.8 Å². The molecule has 2 unspecified atom stereocenters. The second kappa shape index (κ2) is 5.89. The zero-order chi connectivity index (χ0) is 13.0. The highest BCUT2D eigenvalue weighted by Crippen LogP contribution is 2.29. The molecule has 0 aromatic heterocycles. The maximum atomic E-state index is 12.1. The highest BCUT2D eigenvalue weighted by molar-refractivity contribution is 5.99. The SMILES string of the molecule is CNc1ccccc1C(=O)NCC1CCC(C)C1. The molecule has 2 rings (SSSR count). The third-order valence-corrected chi connectivity index (χ3v) is 3.80. The zero-order valence-corrected chi connectivity index (χ0v) is 11.2. The summed E-state index contributed by atoms with van der Waals surface area (Å²) in [5.41, 5.74) is 1.61. The number of carbonyl (C=O) groups excluding carboxylic acids is 1. The fraction of sp³-hybridized carbons (Fsp3) is 0.533. The van der Waals surface area contributed by atoms with Gasteiger partial charge in [0.2, 0.25) is 0 Å². The van der Waals surface area contributed by atoms with Crippen molar-refractivity contribution < 1.29 is 4.79 Å². The third kappa shape index (κ3) is 3.03. The van der Waals surface area contributed by atoms with Crippen LogP contribution in [0.15, 0.2) is 24.3 Å². The van der Waals surface area contributed by atoms with E-state index in [1.54, 1.807) is 0 Å². The van der Waals surface area contributed by atoms with E-state index in [4.69, 9.17) is 0 Å². The minimum Gasteiger partial charge on any atom is -0.387 e. The Morgan fingerprint density at radius 3 is 2.78 bits per heavy atom. The molecule has 0 spiro atoms. The molecule has 1 fully saturated rings. The van der Waals surface area contributed by atoms with E-state index in [0.29, 0.717) is 5.92 Å². The van der Waals surface area contributed by atoms with Crippen LogP contribution in [0.3, 0.4) is 0 Å². The van der Waals surface area contributed by atoms with Crippen molar-refractivity contribution in [2.45, 2.75) is 26.2 Å². The van der Waals surface area contributed by atoms with Crippen molar-refractivity contribution in [2.75, 3.05) is 18.9 Å². The number of hydrogen-bond donors (Lipinski definition) is 2. The number of para-hydroxylation sites is 1. The lowest BCUT2D eigenvalue weighted by atomic mass is 10.1. The molecule has 1 saturated carbocycles. The Kier molecular flexibility index (Phi) is 4.24. The van der Waals surface area contributed by atoms with E-state index in [2.05, 4.69) is 17.6 Å². The van der Waals surface area contributed by atoms with Gasteiger partial charge in [0.25, 0.3) is 5.91 Å². The van der Waals surface area contributed by atoms with Gasteiger partial charge in [-0.1, -0.05) is 25.5 Å². The van der Waals surface area contributed by atoms with Gasteiger partial charge < -0.3 is 10.6 Å². The quantitative estimate of drug-likeness (QED) is 0.857. The summed E-state index contributed by atoms with van der Waals surface area (Å²) in [5, 5.41) is 6.11. The number of benzene rings is 1. The highest BCUT2D eigenvalue weighted by Gasteiger charge is 2.22. The van der Waals surface area contributed by atoms with E-state index in [1.807, 2.05) is 31.3 Å². The number of rotatable bonds is 4. The lowest BCUT2D eigenvalue weighted by Gasteiger charge is -2.13. The van der Waals surface area contributed by atoms with Crippen molar-refractivity contribution in [3.05, 3.63) is 29.8 Å². The molecule has 0 aliphatic heterocycles. The Morgan fingerprint density at radius 1 is 1.33 bits per heavy atom. The Balaban J connectivity index is 1.91. The van der Waals surface area contributed by atoms with Gasteiger partial charge in [0.1, 0.15) is 0 Å². The van der Waals surface area contributed by atoms with Crippen LogP contribution in [0.4, 0.5) is 5.69 Å². The van der Waals surface area contributed by atoms with Gasteiger partial charge in [-0.2, -0.15) is 0 Å². The van der Waals surface area contributed by atoms with Crippen molar-refractivity contribution in [3.63, 3.8) is 0 Å². The van der Waals surface area contributed by atoms with Gasteiger partial charge in [-0.3, -0.25) is 4.79 Å². The molecule has 3 nitrogen and oxygen atoms in total. The molecule has 0 saturated heterocycles. The fourth-order valence-electron chi connectivity index (χ4n) is 2.74. The van der Waals surface area contributed by atoms with Gasteiger partial charge in [-0.15, -0.1) is 0 Å². The summed E-state index contributed by atoms with van der Waals surface area (Å²) in [7, 11) is 1.84. The Labute approximate surface area is 109 Å². The minimum absolute atomic E-state index is 0.0273. The molecule has 1 aliphatic carbocycles. The first kappa shape index (κ1) is 12.9. The predicted octanol–water partition coefficient (Wildman–Crippen LogP) is 2.89. The van der Waals surface area contributed by atoms with Crippen molar-refractivity contribution in [3.8, 4) is 0 Å². The molecule has 1 aliphatic rings. The molecule has 0 heterocycles. The van der Waals surface area contributed by atoms with Crippen LogP contribution in [0.2, 0.25) is 0 Å². The normalized spacial score (nSPS) is 22.8. The maximum Gasteiger partial charge on any atom is 0.253 e. The van der Waals surface area contributed by atoms with Gasteiger partial charge in [-0.25, -0.2) is 0 Å². The molecule has 0 radical (unpaired) electrons. The summed E-state index contributed by atoms with van der Waals surface area (Å²) in [6.45, 7) is 3.10. The average molecular weight is 246 g/mol. The third-order valence-electron chi connectivity index (χ3n) is 3.80. The number of carbonyl (C=O) groups is 1. The monoisotopic (exact) mass is 246 g/mol. The number of nitrogens with one attached hydrogen (secondary N) is 2. The molecule has 98 valence electrons. The fourth-order valence-corrected chi connectivity index (χ4v) is 2.74. The first-order valence-corrected chi connectivity index (χ1v) is 6.75. The number of anilines is 1. The largest absolute Gasteiger partial charge is 0.387 e. The highest BCUT2D eigenvalue weighted by atomic mass is 16.1. The van der Waals surface area contributed by atoms with Gasteiger partial charge in [0, 0.05) is 19.3 Å². The van der Waals surface area contributed by atoms with Crippen LogP contribution in [-0.2, 0) is 0 Å². The summed E-state index contributed by atoms with van der Waals surface area (Å²) in [5.74, 6) is 1.50. The van der Waals surface area contributed by atoms with Gasteiger partial charge in [0.05, 0.1) is 5.56 Å². The Bertz CT molecular complexity index is 417.